The normalized spacial score (nSPS) is 17.5. The highest BCUT2D eigenvalue weighted by molar-refractivity contribution is 9.10. The van der Waals surface area contributed by atoms with Crippen LogP contribution in [0.5, 0.6) is 5.75 Å². The first-order valence-electron chi connectivity index (χ1n) is 7.20. The summed E-state index contributed by atoms with van der Waals surface area (Å²) < 4.78 is 6.37. The average Bonchev–Trinajstić information content (AvgIpc) is 2.48. The lowest BCUT2D eigenvalue weighted by molar-refractivity contribution is -0.121. The molecular formula is C15H21BrCl2N2O2. The minimum Gasteiger partial charge on any atom is -0.492 e. The van der Waals surface area contributed by atoms with Crippen LogP contribution >= 0.6 is 39.9 Å². The number of rotatable bonds is 6. The number of carbonyl (C=O) groups is 1. The van der Waals surface area contributed by atoms with Crippen LogP contribution in [-0.2, 0) is 4.79 Å². The molecule has 0 saturated carbocycles. The second-order valence-electron chi connectivity index (χ2n) is 5.19. The Morgan fingerprint density at radius 1 is 1.50 bits per heavy atom. The Bertz CT molecular complexity index is 483. The summed E-state index contributed by atoms with van der Waals surface area (Å²) in [6, 6.07) is 5.32. The maximum Gasteiger partial charge on any atom is 0.223 e. The number of piperidine rings is 1. The van der Waals surface area contributed by atoms with Gasteiger partial charge in [0.2, 0.25) is 5.91 Å². The van der Waals surface area contributed by atoms with Crippen molar-refractivity contribution in [1.29, 1.82) is 0 Å². The van der Waals surface area contributed by atoms with Gasteiger partial charge in [-0.05, 0) is 66.0 Å². The zero-order valence-corrected chi connectivity index (χ0v) is 15.4. The number of hydrogen-bond donors (Lipinski definition) is 2. The van der Waals surface area contributed by atoms with E-state index >= 15 is 0 Å². The zero-order valence-electron chi connectivity index (χ0n) is 12.2. The Balaban J connectivity index is 0.00000242. The smallest absolute Gasteiger partial charge is 0.223 e. The topological polar surface area (TPSA) is 50.4 Å². The van der Waals surface area contributed by atoms with E-state index in [9.17, 15) is 4.79 Å². The van der Waals surface area contributed by atoms with Crippen molar-refractivity contribution in [1.82, 2.24) is 10.6 Å². The second-order valence-corrected chi connectivity index (χ2v) is 6.48. The fourth-order valence-electron chi connectivity index (χ4n) is 2.29. The highest BCUT2D eigenvalue weighted by Gasteiger charge is 2.13. The lowest BCUT2D eigenvalue weighted by Gasteiger charge is -2.22. The van der Waals surface area contributed by atoms with Crippen molar-refractivity contribution in [3.05, 3.63) is 27.7 Å². The minimum atomic E-state index is 0. The molecule has 0 radical (unpaired) electrons. The fourth-order valence-corrected chi connectivity index (χ4v) is 3.09. The number of amides is 1. The van der Waals surface area contributed by atoms with Gasteiger partial charge in [-0.3, -0.25) is 4.79 Å². The molecule has 1 aromatic rings. The molecule has 0 spiro atoms. The number of nitrogens with one attached hydrogen (secondary N) is 2. The second kappa shape index (κ2) is 10.3. The molecule has 0 bridgehead atoms. The summed E-state index contributed by atoms with van der Waals surface area (Å²) in [4.78, 5) is 11.8. The molecule has 0 aliphatic carbocycles. The van der Waals surface area contributed by atoms with Crippen molar-refractivity contribution < 1.29 is 9.53 Å². The number of halogens is 3. The van der Waals surface area contributed by atoms with Gasteiger partial charge in [0.15, 0.2) is 0 Å². The van der Waals surface area contributed by atoms with Gasteiger partial charge in [0.05, 0.1) is 17.5 Å². The van der Waals surface area contributed by atoms with E-state index in [4.69, 9.17) is 16.3 Å². The maximum absolute atomic E-state index is 11.8. The van der Waals surface area contributed by atoms with Crippen LogP contribution in [-0.4, -0.2) is 32.1 Å². The Kier molecular flexibility index (Phi) is 9.17. The summed E-state index contributed by atoms with van der Waals surface area (Å²) in [5.74, 6) is 1.28. The molecule has 1 saturated heterocycles. The van der Waals surface area contributed by atoms with E-state index in [0.29, 0.717) is 29.7 Å². The molecule has 2 rings (SSSR count). The molecule has 7 heteroatoms. The minimum absolute atomic E-state index is 0. The van der Waals surface area contributed by atoms with Crippen LogP contribution in [0.1, 0.15) is 19.3 Å². The summed E-state index contributed by atoms with van der Waals surface area (Å²) >= 11 is 9.24. The molecule has 0 aromatic heterocycles. The van der Waals surface area contributed by atoms with Gasteiger partial charge in [0.1, 0.15) is 5.75 Å². The molecule has 2 N–H and O–H groups in total. The van der Waals surface area contributed by atoms with Gasteiger partial charge in [0, 0.05) is 11.6 Å². The van der Waals surface area contributed by atoms with E-state index in [-0.39, 0.29) is 18.3 Å². The van der Waals surface area contributed by atoms with Gasteiger partial charge >= 0.3 is 0 Å². The predicted octanol–water partition coefficient (Wildman–Crippen LogP) is 3.41. The Morgan fingerprint density at radius 3 is 3.00 bits per heavy atom. The van der Waals surface area contributed by atoms with Crippen molar-refractivity contribution in [2.45, 2.75) is 19.3 Å². The zero-order chi connectivity index (χ0) is 15.1. The van der Waals surface area contributed by atoms with Crippen LogP contribution in [0.3, 0.4) is 0 Å². The van der Waals surface area contributed by atoms with Crippen LogP contribution < -0.4 is 15.4 Å². The first-order valence-corrected chi connectivity index (χ1v) is 8.37. The molecule has 1 unspecified atom stereocenters. The Morgan fingerprint density at radius 2 is 2.32 bits per heavy atom. The third-order valence-corrected chi connectivity index (χ3v) is 4.32. The number of ether oxygens (including phenoxy) is 1. The number of carbonyl (C=O) groups excluding carboxylic acids is 1. The molecular weight excluding hydrogens is 391 g/mol. The highest BCUT2D eigenvalue weighted by atomic mass is 79.9. The van der Waals surface area contributed by atoms with Gasteiger partial charge in [-0.1, -0.05) is 11.6 Å². The quantitative estimate of drug-likeness (QED) is 0.753. The Hall–Kier alpha value is -0.490. The number of hydrogen-bond acceptors (Lipinski definition) is 3. The van der Waals surface area contributed by atoms with E-state index in [1.807, 2.05) is 0 Å². The van der Waals surface area contributed by atoms with E-state index in [2.05, 4.69) is 26.6 Å². The predicted molar refractivity (Wildman–Crippen MR) is 95.1 cm³/mol. The van der Waals surface area contributed by atoms with Crippen molar-refractivity contribution in [2.75, 3.05) is 26.2 Å². The summed E-state index contributed by atoms with van der Waals surface area (Å²) in [5, 5.41) is 6.96. The molecule has 1 heterocycles. The molecule has 1 atom stereocenters. The molecule has 1 fully saturated rings. The van der Waals surface area contributed by atoms with Gasteiger partial charge in [0.25, 0.3) is 0 Å². The van der Waals surface area contributed by atoms with E-state index < -0.39 is 0 Å². The van der Waals surface area contributed by atoms with E-state index in [1.54, 1.807) is 18.2 Å². The summed E-state index contributed by atoms with van der Waals surface area (Å²) in [6.45, 7) is 3.19. The van der Waals surface area contributed by atoms with E-state index in [1.165, 1.54) is 12.8 Å². The molecule has 1 amide bonds. The van der Waals surface area contributed by atoms with Gasteiger partial charge in [-0.25, -0.2) is 0 Å². The van der Waals surface area contributed by atoms with Gasteiger partial charge in [-0.2, -0.15) is 0 Å². The number of benzene rings is 1. The van der Waals surface area contributed by atoms with Crippen molar-refractivity contribution >= 4 is 45.8 Å². The van der Waals surface area contributed by atoms with Crippen molar-refractivity contribution in [2.24, 2.45) is 5.92 Å². The first-order chi connectivity index (χ1) is 10.1. The highest BCUT2D eigenvalue weighted by Crippen LogP contribution is 2.27. The molecule has 1 aromatic carbocycles. The summed E-state index contributed by atoms with van der Waals surface area (Å²) in [7, 11) is 0. The van der Waals surface area contributed by atoms with E-state index in [0.717, 1.165) is 24.1 Å². The summed E-state index contributed by atoms with van der Waals surface area (Å²) in [5.41, 5.74) is 0. The molecule has 4 nitrogen and oxygen atoms in total. The van der Waals surface area contributed by atoms with Crippen molar-refractivity contribution in [3.63, 3.8) is 0 Å². The SMILES string of the molecule is Cl.O=C(CCOc1ccc(Cl)cc1Br)NCC1CCCNC1. The first kappa shape index (κ1) is 19.6. The van der Waals surface area contributed by atoms with Crippen molar-refractivity contribution in [3.8, 4) is 5.75 Å². The third-order valence-electron chi connectivity index (χ3n) is 3.47. The molecule has 1 aliphatic rings. The fraction of sp³-hybridized carbons (Fsp3) is 0.533. The van der Waals surface area contributed by atoms with Crippen LogP contribution in [0.4, 0.5) is 0 Å². The van der Waals surface area contributed by atoms with Crippen LogP contribution in [0.15, 0.2) is 22.7 Å². The van der Waals surface area contributed by atoms with Gasteiger partial charge in [-0.15, -0.1) is 12.4 Å². The third kappa shape index (κ3) is 6.73. The van der Waals surface area contributed by atoms with Gasteiger partial charge < -0.3 is 15.4 Å². The lowest BCUT2D eigenvalue weighted by atomic mass is 10.00. The average molecular weight is 412 g/mol. The van der Waals surface area contributed by atoms with Crippen LogP contribution in [0.25, 0.3) is 0 Å². The molecule has 1 aliphatic heterocycles. The Labute approximate surface area is 150 Å². The monoisotopic (exact) mass is 410 g/mol. The lowest BCUT2D eigenvalue weighted by Crippen LogP contribution is -2.38. The molecule has 22 heavy (non-hydrogen) atoms. The molecule has 124 valence electrons. The largest absolute Gasteiger partial charge is 0.492 e. The summed E-state index contributed by atoms with van der Waals surface area (Å²) in [6.07, 6.45) is 2.73. The maximum atomic E-state index is 11.8. The van der Waals surface area contributed by atoms with Crippen LogP contribution in [0.2, 0.25) is 5.02 Å². The van der Waals surface area contributed by atoms with Crippen LogP contribution in [0, 0.1) is 5.92 Å². The standard InChI is InChI=1S/C15H20BrClN2O2.ClH/c16-13-8-12(17)3-4-14(13)21-7-5-15(20)19-10-11-2-1-6-18-9-11;/h3-4,8,11,18H,1-2,5-7,9-10H2,(H,19,20);1H.